The number of likely N-dealkylation sites (N-methyl/N-ethyl adjacent to an activating group) is 1. The van der Waals surface area contributed by atoms with Crippen LogP contribution in [-0.2, 0) is 11.2 Å². The molecule has 0 saturated carbocycles. The molecule has 0 bridgehead atoms. The van der Waals surface area contributed by atoms with Gasteiger partial charge in [-0.2, -0.15) is 5.10 Å². The Bertz CT molecular complexity index is 904. The number of amides is 2. The van der Waals surface area contributed by atoms with Crippen molar-refractivity contribution in [2.75, 3.05) is 20.3 Å². The van der Waals surface area contributed by atoms with Crippen molar-refractivity contribution in [3.63, 3.8) is 0 Å². The number of hydrogen-bond donors (Lipinski definition) is 1. The van der Waals surface area contributed by atoms with Crippen molar-refractivity contribution in [2.45, 2.75) is 34.1 Å². The van der Waals surface area contributed by atoms with Crippen LogP contribution in [-0.4, -0.2) is 52.1 Å². The highest BCUT2D eigenvalue weighted by Gasteiger charge is 2.28. The molecule has 0 radical (unpaired) electrons. The van der Waals surface area contributed by atoms with Crippen LogP contribution in [0.25, 0.3) is 0 Å². The first kappa shape index (κ1) is 20.4. The van der Waals surface area contributed by atoms with E-state index >= 15 is 0 Å². The van der Waals surface area contributed by atoms with E-state index in [0.717, 1.165) is 16.8 Å². The number of carbonyl (C=O) groups excluding carboxylic acids is 2. The van der Waals surface area contributed by atoms with E-state index in [1.807, 2.05) is 39.0 Å². The van der Waals surface area contributed by atoms with Crippen molar-refractivity contribution in [3.05, 3.63) is 62.6 Å². The predicted molar refractivity (Wildman–Crippen MR) is 104 cm³/mol. The largest absolute Gasteiger partial charge is 0.326 e. The standard InChI is InChI=1S/C18H20N4O3.C2H6/c1-11-12(2)17(24)20-19-15(11)8-13-5-4-6-14(7-13)18(25)22-9-16(23)21(3)10-22;1-2/h4-7H,8-10H2,1-3H3,(H,20,24);1-2H3. The molecule has 0 spiro atoms. The third kappa shape index (κ3) is 4.42. The van der Waals surface area contributed by atoms with Gasteiger partial charge in [0.25, 0.3) is 11.5 Å². The smallest absolute Gasteiger partial charge is 0.267 e. The zero-order chi connectivity index (χ0) is 20.1. The summed E-state index contributed by atoms with van der Waals surface area (Å²) in [5.74, 6) is -0.227. The van der Waals surface area contributed by atoms with Gasteiger partial charge in [-0.25, -0.2) is 5.10 Å². The van der Waals surface area contributed by atoms with Crippen LogP contribution in [0.2, 0.25) is 0 Å². The molecular formula is C20H26N4O3. The van der Waals surface area contributed by atoms with Gasteiger partial charge in [0.15, 0.2) is 0 Å². The van der Waals surface area contributed by atoms with Crippen LogP contribution in [0.1, 0.15) is 46.6 Å². The van der Waals surface area contributed by atoms with Crippen LogP contribution in [0, 0.1) is 13.8 Å². The predicted octanol–water partition coefficient (Wildman–Crippen LogP) is 1.88. The molecule has 2 amide bonds. The van der Waals surface area contributed by atoms with Gasteiger partial charge >= 0.3 is 0 Å². The van der Waals surface area contributed by atoms with Gasteiger partial charge in [0.2, 0.25) is 5.91 Å². The normalized spacial score (nSPS) is 13.4. The van der Waals surface area contributed by atoms with Gasteiger partial charge < -0.3 is 9.80 Å². The number of H-pyrrole nitrogens is 1. The van der Waals surface area contributed by atoms with Gasteiger partial charge in [-0.15, -0.1) is 0 Å². The molecule has 144 valence electrons. The molecule has 1 saturated heterocycles. The minimum absolute atomic E-state index is 0.0620. The van der Waals surface area contributed by atoms with E-state index in [1.165, 1.54) is 9.80 Å². The number of rotatable bonds is 3. The average molecular weight is 370 g/mol. The number of benzene rings is 1. The third-order valence-electron chi connectivity index (χ3n) is 4.60. The van der Waals surface area contributed by atoms with Crippen molar-refractivity contribution in [1.82, 2.24) is 20.0 Å². The van der Waals surface area contributed by atoms with Crippen LogP contribution < -0.4 is 5.56 Å². The maximum absolute atomic E-state index is 12.6. The summed E-state index contributed by atoms with van der Waals surface area (Å²) in [5, 5.41) is 6.62. The third-order valence-corrected chi connectivity index (χ3v) is 4.60. The topological polar surface area (TPSA) is 86.4 Å². The quantitative estimate of drug-likeness (QED) is 0.894. The summed E-state index contributed by atoms with van der Waals surface area (Å²) >= 11 is 0. The summed E-state index contributed by atoms with van der Waals surface area (Å²) in [7, 11) is 1.68. The number of nitrogens with zero attached hydrogens (tertiary/aromatic N) is 3. The lowest BCUT2D eigenvalue weighted by Gasteiger charge is -2.15. The van der Waals surface area contributed by atoms with Crippen molar-refractivity contribution in [3.8, 4) is 0 Å². The number of hydrogen-bond acceptors (Lipinski definition) is 4. The van der Waals surface area contributed by atoms with Crippen molar-refractivity contribution in [2.24, 2.45) is 0 Å². The van der Waals surface area contributed by atoms with Gasteiger partial charge in [0.05, 0.1) is 12.4 Å². The molecule has 1 aromatic carbocycles. The van der Waals surface area contributed by atoms with E-state index < -0.39 is 0 Å². The fourth-order valence-electron chi connectivity index (χ4n) is 2.84. The average Bonchev–Trinajstić information content (AvgIpc) is 3.02. The Hall–Kier alpha value is -2.96. The van der Waals surface area contributed by atoms with E-state index in [0.29, 0.717) is 24.2 Å². The van der Waals surface area contributed by atoms with Gasteiger partial charge in [-0.05, 0) is 37.1 Å². The van der Waals surface area contributed by atoms with Crippen molar-refractivity contribution < 1.29 is 9.59 Å². The fourth-order valence-corrected chi connectivity index (χ4v) is 2.84. The van der Waals surface area contributed by atoms with Crippen LogP contribution in [0.15, 0.2) is 29.1 Å². The highest BCUT2D eigenvalue weighted by molar-refractivity contribution is 5.98. The summed E-state index contributed by atoms with van der Waals surface area (Å²) in [6.45, 7) is 8.05. The minimum atomic E-state index is -0.187. The lowest BCUT2D eigenvalue weighted by Crippen LogP contribution is -2.30. The van der Waals surface area contributed by atoms with E-state index in [1.54, 1.807) is 20.0 Å². The van der Waals surface area contributed by atoms with Gasteiger partial charge in [-0.3, -0.25) is 14.4 Å². The molecule has 1 N–H and O–H groups in total. The summed E-state index contributed by atoms with van der Waals surface area (Å²) in [6.07, 6.45) is 0.517. The molecule has 1 aliphatic rings. The molecule has 3 rings (SSSR count). The van der Waals surface area contributed by atoms with Crippen LogP contribution in [0.5, 0.6) is 0 Å². The van der Waals surface area contributed by atoms with Crippen LogP contribution >= 0.6 is 0 Å². The Kier molecular flexibility index (Phi) is 6.50. The maximum Gasteiger partial charge on any atom is 0.267 e. The summed E-state index contributed by atoms with van der Waals surface area (Å²) < 4.78 is 0. The Morgan fingerprint density at radius 2 is 1.89 bits per heavy atom. The number of aromatic nitrogens is 2. The number of nitrogens with one attached hydrogen (secondary N) is 1. The second-order valence-electron chi connectivity index (χ2n) is 6.36. The molecule has 0 unspecified atom stereocenters. The Labute approximate surface area is 159 Å². The van der Waals surface area contributed by atoms with Gasteiger partial charge in [0.1, 0.15) is 6.54 Å². The Morgan fingerprint density at radius 3 is 2.52 bits per heavy atom. The molecule has 2 aromatic rings. The molecule has 0 aliphatic carbocycles. The van der Waals surface area contributed by atoms with Gasteiger partial charge in [0, 0.05) is 24.6 Å². The second-order valence-corrected chi connectivity index (χ2v) is 6.36. The molecule has 2 heterocycles. The summed E-state index contributed by atoms with van der Waals surface area (Å²) in [6, 6.07) is 7.29. The van der Waals surface area contributed by atoms with E-state index in [-0.39, 0.29) is 23.9 Å². The Morgan fingerprint density at radius 1 is 1.19 bits per heavy atom. The first-order chi connectivity index (χ1) is 12.9. The fraction of sp³-hybridized carbons (Fsp3) is 0.400. The second kappa shape index (κ2) is 8.62. The zero-order valence-electron chi connectivity index (χ0n) is 16.5. The Balaban J connectivity index is 0.00000126. The summed E-state index contributed by atoms with van der Waals surface area (Å²) in [5.41, 5.74) is 3.56. The highest BCUT2D eigenvalue weighted by atomic mass is 16.2. The van der Waals surface area contributed by atoms with E-state index in [4.69, 9.17) is 0 Å². The monoisotopic (exact) mass is 370 g/mol. The molecule has 1 fully saturated rings. The minimum Gasteiger partial charge on any atom is -0.326 e. The SMILES string of the molecule is CC.Cc1c(Cc2cccc(C(=O)N3CC(=O)N(C)C3)c2)n[nH]c(=O)c1C. The molecular weight excluding hydrogens is 344 g/mol. The van der Waals surface area contributed by atoms with Crippen molar-refractivity contribution >= 4 is 11.8 Å². The summed E-state index contributed by atoms with van der Waals surface area (Å²) in [4.78, 5) is 38.8. The first-order valence-electron chi connectivity index (χ1n) is 9.03. The molecule has 7 nitrogen and oxygen atoms in total. The first-order valence-corrected chi connectivity index (χ1v) is 9.03. The number of carbonyl (C=O) groups is 2. The van der Waals surface area contributed by atoms with E-state index in [9.17, 15) is 14.4 Å². The maximum atomic E-state index is 12.6. The lowest BCUT2D eigenvalue weighted by atomic mass is 10.0. The van der Waals surface area contributed by atoms with Crippen LogP contribution in [0.3, 0.4) is 0 Å². The molecule has 0 atom stereocenters. The van der Waals surface area contributed by atoms with Crippen LogP contribution in [0.4, 0.5) is 0 Å². The zero-order valence-corrected chi connectivity index (χ0v) is 16.5. The highest BCUT2D eigenvalue weighted by Crippen LogP contribution is 2.16. The molecule has 1 aliphatic heterocycles. The molecule has 7 heteroatoms. The molecule has 27 heavy (non-hydrogen) atoms. The van der Waals surface area contributed by atoms with E-state index in [2.05, 4.69) is 10.2 Å². The molecule has 1 aromatic heterocycles. The number of aromatic amines is 1. The van der Waals surface area contributed by atoms with Crippen molar-refractivity contribution in [1.29, 1.82) is 0 Å². The van der Waals surface area contributed by atoms with Gasteiger partial charge in [-0.1, -0.05) is 26.0 Å². The lowest BCUT2D eigenvalue weighted by molar-refractivity contribution is -0.125.